The van der Waals surface area contributed by atoms with E-state index in [2.05, 4.69) is 10.3 Å². The van der Waals surface area contributed by atoms with Gasteiger partial charge in [0, 0.05) is 18.2 Å². The van der Waals surface area contributed by atoms with Crippen molar-refractivity contribution in [2.24, 2.45) is 0 Å². The van der Waals surface area contributed by atoms with Gasteiger partial charge in [0.05, 0.1) is 5.69 Å². The molecule has 2 rings (SSSR count). The predicted octanol–water partition coefficient (Wildman–Crippen LogP) is 3.63. The van der Waals surface area contributed by atoms with E-state index in [1.165, 1.54) is 6.26 Å². The Morgan fingerprint density at radius 2 is 2.05 bits per heavy atom. The van der Waals surface area contributed by atoms with E-state index in [4.69, 9.17) is 9.15 Å². The van der Waals surface area contributed by atoms with Crippen molar-refractivity contribution >= 4 is 0 Å². The van der Waals surface area contributed by atoms with Crippen LogP contribution in [0.3, 0.4) is 0 Å². The largest absolute Gasteiger partial charge is 0.417 e. The summed E-state index contributed by atoms with van der Waals surface area (Å²) in [6.07, 6.45) is 1.28. The summed E-state index contributed by atoms with van der Waals surface area (Å²) in [4.78, 5) is 4.04. The van der Waals surface area contributed by atoms with Gasteiger partial charge in [0.15, 0.2) is 11.6 Å². The summed E-state index contributed by atoms with van der Waals surface area (Å²) in [6, 6.07) is 2.93. The fraction of sp³-hybridized carbons (Fsp3) is 0.357. The van der Waals surface area contributed by atoms with Gasteiger partial charge in [-0.25, -0.2) is 8.78 Å². The Hall–Kier alpha value is -1.95. The minimum atomic E-state index is -0.682. The number of nitrogens with zero attached hydrogens (tertiary/aromatic N) is 1. The van der Waals surface area contributed by atoms with Crippen LogP contribution in [-0.4, -0.2) is 10.5 Å². The molecule has 1 aromatic carbocycles. The number of oxazole rings is 1. The first-order valence-corrected chi connectivity index (χ1v) is 6.16. The third kappa shape index (κ3) is 4.03. The lowest BCUT2D eigenvalue weighted by atomic mass is 10.1. The molecule has 0 radical (unpaired) electrons. The molecule has 2 aromatic rings. The number of aromatic nitrogens is 1. The maximum atomic E-state index is 13.4. The predicted molar refractivity (Wildman–Crippen MR) is 69.5 cm³/mol. The summed E-state index contributed by atoms with van der Waals surface area (Å²) in [6.45, 7) is 6.55. The summed E-state index contributed by atoms with van der Waals surface area (Å²) in [5.41, 5.74) is 0.556. The van der Waals surface area contributed by atoms with Crippen LogP contribution in [0.5, 0.6) is 11.8 Å². The zero-order valence-electron chi connectivity index (χ0n) is 11.5. The molecule has 1 heterocycles. The Labute approximate surface area is 115 Å². The van der Waals surface area contributed by atoms with Crippen molar-refractivity contribution in [3.63, 3.8) is 0 Å². The van der Waals surface area contributed by atoms with E-state index >= 15 is 0 Å². The summed E-state index contributed by atoms with van der Waals surface area (Å²) in [7, 11) is 0. The van der Waals surface area contributed by atoms with Gasteiger partial charge in [-0.15, -0.1) is 0 Å². The molecule has 0 unspecified atom stereocenters. The van der Waals surface area contributed by atoms with Crippen molar-refractivity contribution < 1.29 is 17.9 Å². The topological polar surface area (TPSA) is 47.3 Å². The van der Waals surface area contributed by atoms with Crippen LogP contribution in [0.1, 0.15) is 26.5 Å². The van der Waals surface area contributed by atoms with Gasteiger partial charge in [-0.3, -0.25) is 0 Å². The quantitative estimate of drug-likeness (QED) is 0.930. The summed E-state index contributed by atoms with van der Waals surface area (Å²) < 4.78 is 36.5. The molecular weight excluding hydrogens is 266 g/mol. The molecule has 0 bridgehead atoms. The van der Waals surface area contributed by atoms with E-state index in [1.807, 2.05) is 20.8 Å². The van der Waals surface area contributed by atoms with Crippen LogP contribution in [0.4, 0.5) is 8.78 Å². The van der Waals surface area contributed by atoms with E-state index < -0.39 is 11.6 Å². The van der Waals surface area contributed by atoms with Gasteiger partial charge >= 0.3 is 6.08 Å². The van der Waals surface area contributed by atoms with Gasteiger partial charge in [0.1, 0.15) is 12.1 Å². The minimum Gasteiger partial charge on any atom is -0.417 e. The second-order valence-corrected chi connectivity index (χ2v) is 5.39. The average molecular weight is 282 g/mol. The third-order valence-electron chi connectivity index (χ3n) is 2.42. The van der Waals surface area contributed by atoms with Crippen molar-refractivity contribution in [1.82, 2.24) is 10.3 Å². The Morgan fingerprint density at radius 3 is 2.75 bits per heavy atom. The number of ether oxygens (including phenoxy) is 1. The molecule has 0 aliphatic rings. The molecule has 0 aliphatic carbocycles. The van der Waals surface area contributed by atoms with Gasteiger partial charge in [0.2, 0.25) is 0 Å². The van der Waals surface area contributed by atoms with Gasteiger partial charge in [0.25, 0.3) is 0 Å². The molecule has 0 spiro atoms. The average Bonchev–Trinajstić information content (AvgIpc) is 2.78. The first kappa shape index (κ1) is 14.5. The number of benzene rings is 1. The van der Waals surface area contributed by atoms with Crippen LogP contribution < -0.4 is 10.1 Å². The zero-order chi connectivity index (χ0) is 14.8. The number of hydrogen-bond acceptors (Lipinski definition) is 4. The van der Waals surface area contributed by atoms with Crippen molar-refractivity contribution in [3.8, 4) is 11.8 Å². The lowest BCUT2D eigenvalue weighted by molar-refractivity contribution is 0.316. The monoisotopic (exact) mass is 282 g/mol. The first-order chi connectivity index (χ1) is 9.33. The van der Waals surface area contributed by atoms with Crippen LogP contribution in [-0.2, 0) is 6.54 Å². The normalized spacial score (nSPS) is 11.7. The van der Waals surface area contributed by atoms with Crippen molar-refractivity contribution in [2.45, 2.75) is 32.9 Å². The molecule has 0 aliphatic heterocycles. The van der Waals surface area contributed by atoms with E-state index in [-0.39, 0.29) is 17.4 Å². The molecule has 0 atom stereocenters. The molecule has 4 nitrogen and oxygen atoms in total. The highest BCUT2D eigenvalue weighted by Gasteiger charge is 2.13. The van der Waals surface area contributed by atoms with E-state index in [0.29, 0.717) is 12.2 Å². The molecule has 6 heteroatoms. The van der Waals surface area contributed by atoms with E-state index in [0.717, 1.165) is 18.2 Å². The molecule has 108 valence electrons. The molecule has 1 aromatic heterocycles. The zero-order valence-corrected chi connectivity index (χ0v) is 11.5. The fourth-order valence-electron chi connectivity index (χ4n) is 1.42. The van der Waals surface area contributed by atoms with Crippen LogP contribution >= 0.6 is 0 Å². The summed E-state index contributed by atoms with van der Waals surface area (Å²) >= 11 is 0. The first-order valence-electron chi connectivity index (χ1n) is 6.16. The smallest absolute Gasteiger partial charge is 0.399 e. The van der Waals surface area contributed by atoms with Crippen LogP contribution in [0.2, 0.25) is 0 Å². The number of nitrogens with one attached hydrogen (secondary N) is 1. The maximum Gasteiger partial charge on any atom is 0.399 e. The maximum absolute atomic E-state index is 13.4. The van der Waals surface area contributed by atoms with Crippen LogP contribution in [0.15, 0.2) is 28.9 Å². The number of rotatable bonds is 4. The Bertz CT molecular complexity index is 591. The molecule has 1 N–H and O–H groups in total. The lowest BCUT2D eigenvalue weighted by Gasteiger charge is -2.19. The fourth-order valence-corrected chi connectivity index (χ4v) is 1.42. The molecule has 0 saturated carbocycles. The third-order valence-corrected chi connectivity index (χ3v) is 2.42. The van der Waals surface area contributed by atoms with Gasteiger partial charge in [-0.2, -0.15) is 4.98 Å². The van der Waals surface area contributed by atoms with Crippen molar-refractivity contribution in [2.75, 3.05) is 0 Å². The highest BCUT2D eigenvalue weighted by atomic mass is 19.1. The van der Waals surface area contributed by atoms with Gasteiger partial charge < -0.3 is 14.5 Å². The molecule has 0 fully saturated rings. The van der Waals surface area contributed by atoms with Crippen molar-refractivity contribution in [3.05, 3.63) is 41.8 Å². The van der Waals surface area contributed by atoms with E-state index in [9.17, 15) is 8.78 Å². The highest BCUT2D eigenvalue weighted by molar-refractivity contribution is 5.27. The van der Waals surface area contributed by atoms with Gasteiger partial charge in [-0.05, 0) is 32.9 Å². The standard InChI is InChI=1S/C14H16F2N2O2/c1-14(2,3)17-7-10-8-19-13(18-10)20-12-6-9(15)4-5-11(12)16/h4-6,8,17H,7H2,1-3H3. The van der Waals surface area contributed by atoms with Gasteiger partial charge in [-0.1, -0.05) is 0 Å². The number of hydrogen-bond donors (Lipinski definition) is 1. The second-order valence-electron chi connectivity index (χ2n) is 5.39. The summed E-state index contributed by atoms with van der Waals surface area (Å²) in [5, 5.41) is 3.22. The summed E-state index contributed by atoms with van der Waals surface area (Å²) in [5.74, 6) is -1.54. The molecular formula is C14H16F2N2O2. The molecule has 20 heavy (non-hydrogen) atoms. The van der Waals surface area contributed by atoms with Crippen molar-refractivity contribution in [1.29, 1.82) is 0 Å². The van der Waals surface area contributed by atoms with Crippen LogP contribution in [0.25, 0.3) is 0 Å². The van der Waals surface area contributed by atoms with E-state index in [1.54, 1.807) is 0 Å². The minimum absolute atomic E-state index is 0.0609. The highest BCUT2D eigenvalue weighted by Crippen LogP contribution is 2.24. The van der Waals surface area contributed by atoms with Crippen LogP contribution in [0, 0.1) is 11.6 Å². The SMILES string of the molecule is CC(C)(C)NCc1coc(Oc2cc(F)ccc2F)n1. The molecule has 0 saturated heterocycles. The Morgan fingerprint density at radius 1 is 1.30 bits per heavy atom. The number of halogens is 2. The molecule has 0 amide bonds. The Kier molecular flexibility index (Phi) is 4.04. The second kappa shape index (κ2) is 5.58. The Balaban J connectivity index is 2.04. The lowest BCUT2D eigenvalue weighted by Crippen LogP contribution is -2.35.